The van der Waals surface area contributed by atoms with Crippen LogP contribution in [-0.2, 0) is 6.18 Å². The highest BCUT2D eigenvalue weighted by atomic mass is 32.1. The third kappa shape index (κ3) is 2.02. The molecule has 0 aliphatic rings. The fraction of sp³-hybridized carbons (Fsp3) is 0.222. The van der Waals surface area contributed by atoms with Crippen molar-refractivity contribution < 1.29 is 13.2 Å². The second-order valence-electron chi connectivity index (χ2n) is 2.80. The van der Waals surface area contributed by atoms with Crippen molar-refractivity contribution in [3.8, 4) is 6.07 Å². The average Bonchev–Trinajstić information content (AvgIpc) is 1.99. The molecule has 0 fully saturated rings. The van der Waals surface area contributed by atoms with E-state index in [1.807, 2.05) is 0 Å². The summed E-state index contributed by atoms with van der Waals surface area (Å²) in [5.41, 5.74) is -0.582. The van der Waals surface area contributed by atoms with E-state index in [1.54, 1.807) is 6.07 Å². The second kappa shape index (κ2) is 3.54. The number of nitriles is 1. The predicted molar refractivity (Wildman–Crippen MR) is 48.1 cm³/mol. The molecule has 1 aromatic carbocycles. The molecule has 0 spiro atoms. The van der Waals surface area contributed by atoms with Crippen LogP contribution in [0.1, 0.15) is 16.7 Å². The van der Waals surface area contributed by atoms with E-state index in [4.69, 9.17) is 5.26 Å². The molecule has 14 heavy (non-hydrogen) atoms. The summed E-state index contributed by atoms with van der Waals surface area (Å²) < 4.78 is 37.2. The van der Waals surface area contributed by atoms with Gasteiger partial charge < -0.3 is 0 Å². The van der Waals surface area contributed by atoms with E-state index < -0.39 is 11.7 Å². The van der Waals surface area contributed by atoms with Crippen LogP contribution < -0.4 is 0 Å². The van der Waals surface area contributed by atoms with Crippen LogP contribution in [-0.4, -0.2) is 0 Å². The average molecular weight is 217 g/mol. The maximum absolute atomic E-state index is 12.4. The number of alkyl halides is 3. The first-order chi connectivity index (χ1) is 6.36. The zero-order chi connectivity index (χ0) is 10.9. The molecular formula is C9H6F3NS. The molecule has 0 bridgehead atoms. The maximum atomic E-state index is 12.4. The Morgan fingerprint density at radius 2 is 1.93 bits per heavy atom. The molecule has 0 aliphatic carbocycles. The largest absolute Gasteiger partial charge is 0.417 e. The summed E-state index contributed by atoms with van der Waals surface area (Å²) in [5.74, 6) is 0. The molecule has 0 atom stereocenters. The molecular weight excluding hydrogens is 211 g/mol. The summed E-state index contributed by atoms with van der Waals surface area (Å²) in [7, 11) is 0. The molecule has 0 saturated heterocycles. The second-order valence-corrected chi connectivity index (χ2v) is 3.28. The third-order valence-corrected chi connectivity index (χ3v) is 2.08. The molecule has 5 heteroatoms. The van der Waals surface area contributed by atoms with E-state index in [-0.39, 0.29) is 16.0 Å². The van der Waals surface area contributed by atoms with Crippen LogP contribution in [0.5, 0.6) is 0 Å². The van der Waals surface area contributed by atoms with Crippen molar-refractivity contribution >= 4 is 12.6 Å². The first kappa shape index (κ1) is 10.9. The predicted octanol–water partition coefficient (Wildman–Crippen LogP) is 3.17. The van der Waals surface area contributed by atoms with Crippen LogP contribution in [0, 0.1) is 18.3 Å². The normalized spacial score (nSPS) is 11.1. The smallest absolute Gasteiger partial charge is 0.192 e. The molecule has 1 nitrogen and oxygen atoms in total. The Morgan fingerprint density at radius 3 is 2.29 bits per heavy atom. The molecule has 0 aliphatic heterocycles. The van der Waals surface area contributed by atoms with Crippen molar-refractivity contribution in [3.63, 3.8) is 0 Å². The van der Waals surface area contributed by atoms with Crippen LogP contribution in [0.4, 0.5) is 13.2 Å². The Balaban J connectivity index is 3.42. The van der Waals surface area contributed by atoms with Crippen molar-refractivity contribution in [2.24, 2.45) is 0 Å². The van der Waals surface area contributed by atoms with E-state index >= 15 is 0 Å². The van der Waals surface area contributed by atoms with Gasteiger partial charge >= 0.3 is 6.18 Å². The van der Waals surface area contributed by atoms with Gasteiger partial charge in [-0.15, -0.1) is 12.6 Å². The van der Waals surface area contributed by atoms with Gasteiger partial charge in [0.05, 0.1) is 17.2 Å². The minimum absolute atomic E-state index is 0.0153. The monoisotopic (exact) mass is 217 g/mol. The molecule has 0 heterocycles. The SMILES string of the molecule is Cc1cc(C#N)cc(S)c1C(F)(F)F. The molecule has 0 aromatic heterocycles. The van der Waals surface area contributed by atoms with Gasteiger partial charge in [0, 0.05) is 4.90 Å². The van der Waals surface area contributed by atoms with E-state index in [2.05, 4.69) is 12.6 Å². The Kier molecular flexibility index (Phi) is 2.76. The van der Waals surface area contributed by atoms with Crippen molar-refractivity contribution in [3.05, 3.63) is 28.8 Å². The molecule has 1 rings (SSSR count). The fourth-order valence-electron chi connectivity index (χ4n) is 1.20. The van der Waals surface area contributed by atoms with E-state index in [1.165, 1.54) is 13.0 Å². The van der Waals surface area contributed by atoms with Gasteiger partial charge in [-0.2, -0.15) is 18.4 Å². The number of hydrogen-bond donors (Lipinski definition) is 1. The molecule has 1 aromatic rings. The van der Waals surface area contributed by atoms with Crippen LogP contribution in [0.25, 0.3) is 0 Å². The Morgan fingerprint density at radius 1 is 1.36 bits per heavy atom. The van der Waals surface area contributed by atoms with Crippen LogP contribution >= 0.6 is 12.6 Å². The lowest BCUT2D eigenvalue weighted by Gasteiger charge is -2.12. The summed E-state index contributed by atoms with van der Waals surface area (Å²) in [5, 5.41) is 8.51. The lowest BCUT2D eigenvalue weighted by Crippen LogP contribution is -2.09. The zero-order valence-corrected chi connectivity index (χ0v) is 8.08. The van der Waals surface area contributed by atoms with Crippen LogP contribution in [0.15, 0.2) is 17.0 Å². The van der Waals surface area contributed by atoms with Crippen LogP contribution in [0.3, 0.4) is 0 Å². The number of hydrogen-bond acceptors (Lipinski definition) is 2. The van der Waals surface area contributed by atoms with Crippen molar-refractivity contribution in [1.29, 1.82) is 5.26 Å². The minimum atomic E-state index is -4.42. The lowest BCUT2D eigenvalue weighted by atomic mass is 10.1. The highest BCUT2D eigenvalue weighted by Crippen LogP contribution is 2.36. The topological polar surface area (TPSA) is 23.8 Å². The number of nitrogens with zero attached hydrogens (tertiary/aromatic N) is 1. The number of halogens is 3. The van der Waals surface area contributed by atoms with Gasteiger partial charge in [0.15, 0.2) is 0 Å². The Bertz CT molecular complexity index is 380. The highest BCUT2D eigenvalue weighted by Gasteiger charge is 2.34. The van der Waals surface area contributed by atoms with Crippen molar-refractivity contribution in [1.82, 2.24) is 0 Å². The standard InChI is InChI=1S/C9H6F3NS/c1-5-2-6(4-13)3-7(14)8(5)9(10,11)12/h2-3,14H,1H3. The zero-order valence-electron chi connectivity index (χ0n) is 7.18. The molecule has 0 radical (unpaired) electrons. The van der Waals surface area contributed by atoms with Gasteiger partial charge in [-0.25, -0.2) is 0 Å². The summed E-state index contributed by atoms with van der Waals surface area (Å²) in [4.78, 5) is -0.214. The van der Waals surface area contributed by atoms with Crippen LogP contribution in [0.2, 0.25) is 0 Å². The quantitative estimate of drug-likeness (QED) is 0.663. The Hall–Kier alpha value is -1.15. The summed E-state index contributed by atoms with van der Waals surface area (Å²) in [6.07, 6.45) is -4.42. The van der Waals surface area contributed by atoms with Gasteiger partial charge in [0.2, 0.25) is 0 Å². The van der Waals surface area contributed by atoms with E-state index in [0.717, 1.165) is 6.07 Å². The highest BCUT2D eigenvalue weighted by molar-refractivity contribution is 7.80. The minimum Gasteiger partial charge on any atom is -0.192 e. The number of rotatable bonds is 0. The summed E-state index contributed by atoms with van der Waals surface area (Å²) in [6.45, 7) is 1.31. The number of benzene rings is 1. The Labute approximate surface area is 84.6 Å². The number of thiol groups is 1. The summed E-state index contributed by atoms with van der Waals surface area (Å²) in [6, 6.07) is 4.08. The summed E-state index contributed by atoms with van der Waals surface area (Å²) >= 11 is 3.71. The van der Waals surface area contributed by atoms with Gasteiger partial charge in [0.25, 0.3) is 0 Å². The molecule has 0 saturated carbocycles. The third-order valence-electron chi connectivity index (χ3n) is 1.73. The lowest BCUT2D eigenvalue weighted by molar-refractivity contribution is -0.140. The maximum Gasteiger partial charge on any atom is 0.417 e. The molecule has 0 N–H and O–H groups in total. The van der Waals surface area contributed by atoms with E-state index in [9.17, 15) is 13.2 Å². The molecule has 74 valence electrons. The van der Waals surface area contributed by atoms with Gasteiger partial charge in [-0.05, 0) is 24.6 Å². The fourth-order valence-corrected chi connectivity index (χ4v) is 1.64. The number of aryl methyl sites for hydroxylation is 1. The van der Waals surface area contributed by atoms with E-state index in [0.29, 0.717) is 0 Å². The van der Waals surface area contributed by atoms with Crippen molar-refractivity contribution in [2.45, 2.75) is 18.0 Å². The van der Waals surface area contributed by atoms with Gasteiger partial charge in [-0.3, -0.25) is 0 Å². The first-order valence-corrected chi connectivity index (χ1v) is 4.12. The van der Waals surface area contributed by atoms with Gasteiger partial charge in [-0.1, -0.05) is 0 Å². The van der Waals surface area contributed by atoms with Gasteiger partial charge in [0.1, 0.15) is 0 Å². The molecule has 0 unspecified atom stereocenters. The first-order valence-electron chi connectivity index (χ1n) is 3.67. The molecule has 0 amide bonds. The van der Waals surface area contributed by atoms with Crippen molar-refractivity contribution in [2.75, 3.05) is 0 Å².